The molecular formula is C38H20N4O. The summed E-state index contributed by atoms with van der Waals surface area (Å²) in [5, 5.41) is 16.0. The summed E-state index contributed by atoms with van der Waals surface area (Å²) in [5.41, 5.74) is 9.22. The lowest BCUT2D eigenvalue weighted by atomic mass is 10.1. The zero-order valence-electron chi connectivity index (χ0n) is 22.7. The monoisotopic (exact) mass is 548 g/mol. The number of nitrogens with zero attached hydrogens (tertiary/aromatic N) is 4. The summed E-state index contributed by atoms with van der Waals surface area (Å²) >= 11 is 0. The van der Waals surface area contributed by atoms with Gasteiger partial charge in [0.25, 0.3) is 0 Å². The first-order valence-electron chi connectivity index (χ1n) is 14.0. The summed E-state index contributed by atoms with van der Waals surface area (Å²) in [5.74, 6) is 0. The molecular weight excluding hydrogens is 528 g/mol. The SMILES string of the molecule is [C-]#[N+]c1ccc2oc3ccc4c(c5ccccc5n4-c4cccc(-n5c6ccccc6c6cc(C#N)ccc65)c4)c3c2c1. The van der Waals surface area contributed by atoms with Crippen molar-refractivity contribution in [3.05, 3.63) is 138 Å². The van der Waals surface area contributed by atoms with Gasteiger partial charge in [0.05, 0.1) is 40.3 Å². The average Bonchev–Trinajstić information content (AvgIpc) is 3.71. The highest BCUT2D eigenvalue weighted by Crippen LogP contribution is 2.42. The third kappa shape index (κ3) is 3.19. The number of fused-ring (bicyclic) bond motifs is 10. The number of para-hydroxylation sites is 2. The van der Waals surface area contributed by atoms with Gasteiger partial charge in [0.15, 0.2) is 5.69 Å². The van der Waals surface area contributed by atoms with Crippen LogP contribution in [0.15, 0.2) is 126 Å². The van der Waals surface area contributed by atoms with Crippen LogP contribution in [0, 0.1) is 17.9 Å². The molecule has 0 bridgehead atoms. The predicted molar refractivity (Wildman–Crippen MR) is 173 cm³/mol. The maximum atomic E-state index is 9.57. The first-order valence-corrected chi connectivity index (χ1v) is 14.0. The molecule has 0 N–H and O–H groups in total. The molecule has 0 atom stereocenters. The molecule has 6 aromatic carbocycles. The maximum absolute atomic E-state index is 9.57. The fraction of sp³-hybridized carbons (Fsp3) is 0. The van der Waals surface area contributed by atoms with Gasteiger partial charge in [-0.3, -0.25) is 0 Å². The summed E-state index contributed by atoms with van der Waals surface area (Å²) in [4.78, 5) is 3.67. The lowest BCUT2D eigenvalue weighted by molar-refractivity contribution is 0.669. The normalized spacial score (nSPS) is 11.7. The highest BCUT2D eigenvalue weighted by molar-refractivity contribution is 6.27. The van der Waals surface area contributed by atoms with E-state index in [1.54, 1.807) is 6.07 Å². The second-order valence-electron chi connectivity index (χ2n) is 10.8. The van der Waals surface area contributed by atoms with Crippen molar-refractivity contribution in [2.75, 3.05) is 0 Å². The molecule has 0 aliphatic carbocycles. The Hall–Kier alpha value is -6.30. The van der Waals surface area contributed by atoms with E-state index >= 15 is 0 Å². The predicted octanol–water partition coefficient (Wildman–Crippen LogP) is 10.2. The van der Waals surface area contributed by atoms with Crippen LogP contribution < -0.4 is 0 Å². The number of aromatic nitrogens is 2. The molecule has 3 aromatic heterocycles. The molecule has 0 fully saturated rings. The third-order valence-electron chi connectivity index (χ3n) is 8.53. The van der Waals surface area contributed by atoms with Gasteiger partial charge in [-0.15, -0.1) is 0 Å². The van der Waals surface area contributed by atoms with E-state index in [1.165, 1.54) is 0 Å². The van der Waals surface area contributed by atoms with Gasteiger partial charge in [0, 0.05) is 43.7 Å². The van der Waals surface area contributed by atoms with Crippen LogP contribution in [0.5, 0.6) is 0 Å². The Bertz CT molecular complexity index is 2710. The Morgan fingerprint density at radius 1 is 0.558 bits per heavy atom. The number of benzene rings is 6. The largest absolute Gasteiger partial charge is 0.456 e. The van der Waals surface area contributed by atoms with Crippen molar-refractivity contribution in [1.82, 2.24) is 9.13 Å². The van der Waals surface area contributed by atoms with E-state index in [9.17, 15) is 5.26 Å². The van der Waals surface area contributed by atoms with Crippen molar-refractivity contribution in [2.24, 2.45) is 0 Å². The van der Waals surface area contributed by atoms with Crippen LogP contribution in [0.4, 0.5) is 5.69 Å². The summed E-state index contributed by atoms with van der Waals surface area (Å²) in [6.07, 6.45) is 0. The maximum Gasteiger partial charge on any atom is 0.188 e. The average molecular weight is 549 g/mol. The standard InChI is InChI=1S/C38H20N4O/c1-40-24-14-17-35-30(20-24)38-36(43-35)18-16-34-37(38)28-10-3-5-12-32(28)42(34)26-8-6-7-25(21-26)41-31-11-4-2-9-27(31)29-19-23(22-39)13-15-33(29)41/h2-21H. The fourth-order valence-electron chi connectivity index (χ4n) is 6.75. The molecule has 0 amide bonds. The van der Waals surface area contributed by atoms with Crippen LogP contribution in [-0.2, 0) is 0 Å². The minimum absolute atomic E-state index is 0.594. The molecule has 0 saturated carbocycles. The first kappa shape index (κ1) is 23.4. The van der Waals surface area contributed by atoms with Gasteiger partial charge in [-0.1, -0.05) is 48.5 Å². The summed E-state index contributed by atoms with van der Waals surface area (Å²) in [7, 11) is 0. The minimum Gasteiger partial charge on any atom is -0.456 e. The Labute approximate surface area is 245 Å². The Kier molecular flexibility index (Phi) is 4.68. The van der Waals surface area contributed by atoms with E-state index in [1.807, 2.05) is 42.5 Å². The molecule has 3 heterocycles. The van der Waals surface area contributed by atoms with Crippen molar-refractivity contribution in [1.29, 1.82) is 5.26 Å². The fourth-order valence-corrected chi connectivity index (χ4v) is 6.75. The van der Waals surface area contributed by atoms with Crippen molar-refractivity contribution in [3.63, 3.8) is 0 Å². The number of furan rings is 1. The van der Waals surface area contributed by atoms with E-state index in [2.05, 4.69) is 92.8 Å². The Balaban J connectivity index is 1.36. The van der Waals surface area contributed by atoms with E-state index in [0.29, 0.717) is 11.3 Å². The quantitative estimate of drug-likeness (QED) is 0.202. The topological polar surface area (TPSA) is 51.1 Å². The number of nitriles is 1. The van der Waals surface area contributed by atoms with Gasteiger partial charge in [0.2, 0.25) is 0 Å². The molecule has 0 aliphatic rings. The highest BCUT2D eigenvalue weighted by atomic mass is 16.3. The second kappa shape index (κ2) is 8.60. The smallest absolute Gasteiger partial charge is 0.188 e. The molecule has 9 rings (SSSR count). The van der Waals surface area contributed by atoms with Crippen LogP contribution in [0.1, 0.15) is 5.56 Å². The Morgan fingerprint density at radius 3 is 2.02 bits per heavy atom. The van der Waals surface area contributed by atoms with Crippen molar-refractivity contribution >= 4 is 71.2 Å². The molecule has 5 nitrogen and oxygen atoms in total. The molecule has 0 unspecified atom stereocenters. The van der Waals surface area contributed by atoms with Crippen LogP contribution in [0.2, 0.25) is 0 Å². The third-order valence-corrected chi connectivity index (χ3v) is 8.53. The summed E-state index contributed by atoms with van der Waals surface area (Å²) in [6, 6.07) is 43.4. The molecule has 198 valence electrons. The number of hydrogen-bond donors (Lipinski definition) is 0. The van der Waals surface area contributed by atoms with Gasteiger partial charge in [-0.25, -0.2) is 4.85 Å². The van der Waals surface area contributed by atoms with Crippen molar-refractivity contribution in [2.45, 2.75) is 0 Å². The van der Waals surface area contributed by atoms with Crippen LogP contribution in [0.25, 0.3) is 81.8 Å². The summed E-state index contributed by atoms with van der Waals surface area (Å²) < 4.78 is 10.8. The van der Waals surface area contributed by atoms with Gasteiger partial charge in [-0.05, 0) is 72.8 Å². The minimum atomic E-state index is 0.594. The Morgan fingerprint density at radius 2 is 1.23 bits per heavy atom. The molecule has 0 spiro atoms. The van der Waals surface area contributed by atoms with E-state index < -0.39 is 0 Å². The lowest BCUT2D eigenvalue weighted by Crippen LogP contribution is -1.98. The molecule has 0 saturated heterocycles. The second-order valence-corrected chi connectivity index (χ2v) is 10.8. The van der Waals surface area contributed by atoms with Crippen LogP contribution >= 0.6 is 0 Å². The van der Waals surface area contributed by atoms with Crippen LogP contribution in [0.3, 0.4) is 0 Å². The van der Waals surface area contributed by atoms with Gasteiger partial charge >= 0.3 is 0 Å². The van der Waals surface area contributed by atoms with E-state index in [-0.39, 0.29) is 0 Å². The molecule has 0 radical (unpaired) electrons. The van der Waals surface area contributed by atoms with Gasteiger partial charge in [-0.2, -0.15) is 5.26 Å². The molecule has 43 heavy (non-hydrogen) atoms. The lowest BCUT2D eigenvalue weighted by Gasteiger charge is -2.13. The first-order chi connectivity index (χ1) is 21.2. The highest BCUT2D eigenvalue weighted by Gasteiger charge is 2.20. The zero-order valence-corrected chi connectivity index (χ0v) is 22.7. The van der Waals surface area contributed by atoms with Gasteiger partial charge in [0.1, 0.15) is 11.2 Å². The molecule has 0 aliphatic heterocycles. The van der Waals surface area contributed by atoms with E-state index in [0.717, 1.165) is 76.9 Å². The molecule has 5 heteroatoms. The van der Waals surface area contributed by atoms with E-state index in [4.69, 9.17) is 11.0 Å². The van der Waals surface area contributed by atoms with Crippen molar-refractivity contribution in [3.8, 4) is 17.4 Å². The van der Waals surface area contributed by atoms with Gasteiger partial charge < -0.3 is 13.6 Å². The molecule has 9 aromatic rings. The number of rotatable bonds is 2. The number of hydrogen-bond acceptors (Lipinski definition) is 2. The zero-order chi connectivity index (χ0) is 28.7. The van der Waals surface area contributed by atoms with Crippen LogP contribution in [-0.4, -0.2) is 9.13 Å². The summed E-state index contributed by atoms with van der Waals surface area (Å²) in [6.45, 7) is 7.57. The van der Waals surface area contributed by atoms with Crippen molar-refractivity contribution < 1.29 is 4.42 Å².